The first-order valence-corrected chi connectivity index (χ1v) is 6.18. The van der Waals surface area contributed by atoms with Crippen molar-refractivity contribution in [2.45, 2.75) is 0 Å². The van der Waals surface area contributed by atoms with Crippen LogP contribution in [0.3, 0.4) is 0 Å². The smallest absolute Gasteiger partial charge is 0.213 e. The highest BCUT2D eigenvalue weighted by Crippen LogP contribution is 2.31. The van der Waals surface area contributed by atoms with Gasteiger partial charge in [0, 0.05) is 23.4 Å². The summed E-state index contributed by atoms with van der Waals surface area (Å²) in [4.78, 5) is 3.51. The summed E-state index contributed by atoms with van der Waals surface area (Å²) in [5, 5.41) is 17.7. The van der Waals surface area contributed by atoms with E-state index in [0.29, 0.717) is 22.4 Å². The number of hydrogen-bond donors (Lipinski definition) is 2. The van der Waals surface area contributed by atoms with Crippen LogP contribution in [0.15, 0.2) is 48.7 Å². The van der Waals surface area contributed by atoms with Crippen LogP contribution < -0.4 is 5.73 Å². The Morgan fingerprint density at radius 2 is 1.81 bits per heavy atom. The fourth-order valence-corrected chi connectivity index (χ4v) is 2.02. The van der Waals surface area contributed by atoms with Crippen LogP contribution in [0.2, 0.25) is 0 Å². The van der Waals surface area contributed by atoms with Crippen molar-refractivity contribution in [1.29, 1.82) is 0 Å². The van der Waals surface area contributed by atoms with Gasteiger partial charge < -0.3 is 10.8 Å². The second-order valence-corrected chi connectivity index (χ2v) is 4.41. The summed E-state index contributed by atoms with van der Waals surface area (Å²) in [6, 6.07) is 11.3. The lowest BCUT2D eigenvalue weighted by molar-refractivity contribution is 0.477. The second kappa shape index (κ2) is 5.16. The number of nitrogens with two attached hydrogens (primary N) is 1. The molecule has 0 aliphatic heterocycles. The molecule has 0 amide bonds. The van der Waals surface area contributed by atoms with Gasteiger partial charge >= 0.3 is 0 Å². The number of nitrogen functional groups attached to an aromatic ring is 1. The Hall–Kier alpha value is -3.02. The maximum Gasteiger partial charge on any atom is 0.213 e. The van der Waals surface area contributed by atoms with Gasteiger partial charge in [0.15, 0.2) is 5.82 Å². The van der Waals surface area contributed by atoms with Gasteiger partial charge in [-0.3, -0.25) is 0 Å². The predicted molar refractivity (Wildman–Crippen MR) is 76.7 cm³/mol. The lowest BCUT2D eigenvalue weighted by Gasteiger charge is -2.08. The summed E-state index contributed by atoms with van der Waals surface area (Å²) >= 11 is 0. The third-order valence-corrected chi connectivity index (χ3v) is 3.04. The predicted octanol–water partition coefficient (Wildman–Crippen LogP) is 2.63. The van der Waals surface area contributed by atoms with Crippen molar-refractivity contribution in [1.82, 2.24) is 15.2 Å². The molecule has 0 fully saturated rings. The van der Waals surface area contributed by atoms with Crippen molar-refractivity contribution >= 4 is 5.82 Å². The van der Waals surface area contributed by atoms with Gasteiger partial charge in [0.2, 0.25) is 5.95 Å². The van der Waals surface area contributed by atoms with Crippen LogP contribution >= 0.6 is 0 Å². The van der Waals surface area contributed by atoms with Crippen LogP contribution in [-0.4, -0.2) is 20.3 Å². The molecule has 1 aromatic carbocycles. The maximum atomic E-state index is 13.2. The van der Waals surface area contributed by atoms with Gasteiger partial charge in [0.25, 0.3) is 0 Å². The van der Waals surface area contributed by atoms with E-state index in [1.165, 1.54) is 12.3 Å². The first-order valence-electron chi connectivity index (χ1n) is 6.18. The number of hydrogen-bond acceptors (Lipinski definition) is 5. The Balaban J connectivity index is 2.15. The Bertz CT molecular complexity index is 807. The highest BCUT2D eigenvalue weighted by Gasteiger charge is 2.11. The van der Waals surface area contributed by atoms with Crippen LogP contribution in [-0.2, 0) is 0 Å². The van der Waals surface area contributed by atoms with E-state index in [1.807, 2.05) is 0 Å². The highest BCUT2D eigenvalue weighted by atomic mass is 19.1. The van der Waals surface area contributed by atoms with Gasteiger partial charge in [-0.05, 0) is 29.8 Å². The SMILES string of the molecule is Nc1nnc(-c2ccccc2O)cc1-c1ccnc(F)c1. The summed E-state index contributed by atoms with van der Waals surface area (Å²) in [6.45, 7) is 0. The van der Waals surface area contributed by atoms with E-state index in [-0.39, 0.29) is 11.6 Å². The fourth-order valence-electron chi connectivity index (χ4n) is 2.02. The highest BCUT2D eigenvalue weighted by molar-refractivity contribution is 5.78. The van der Waals surface area contributed by atoms with Crippen LogP contribution in [0, 0.1) is 5.95 Å². The molecule has 5 nitrogen and oxygen atoms in total. The molecule has 0 aliphatic rings. The molecule has 3 rings (SSSR count). The van der Waals surface area contributed by atoms with E-state index in [9.17, 15) is 9.50 Å². The van der Waals surface area contributed by atoms with Gasteiger partial charge in [-0.2, -0.15) is 4.39 Å². The minimum absolute atomic E-state index is 0.0865. The number of aromatic hydroxyl groups is 1. The fraction of sp³-hybridized carbons (Fsp3) is 0. The van der Waals surface area contributed by atoms with Crippen molar-refractivity contribution < 1.29 is 9.50 Å². The summed E-state index contributed by atoms with van der Waals surface area (Å²) < 4.78 is 13.2. The van der Waals surface area contributed by atoms with Crippen LogP contribution in [0.1, 0.15) is 0 Å². The first-order chi connectivity index (χ1) is 10.1. The molecule has 0 radical (unpaired) electrons. The number of benzene rings is 1. The summed E-state index contributed by atoms with van der Waals surface area (Å²) in [5.74, 6) is -0.337. The van der Waals surface area contributed by atoms with Crippen LogP contribution in [0.4, 0.5) is 10.2 Å². The zero-order valence-corrected chi connectivity index (χ0v) is 10.9. The topological polar surface area (TPSA) is 84.9 Å². The van der Waals surface area contributed by atoms with E-state index >= 15 is 0 Å². The number of halogens is 1. The number of pyridine rings is 1. The van der Waals surface area contributed by atoms with E-state index in [2.05, 4.69) is 15.2 Å². The lowest BCUT2D eigenvalue weighted by atomic mass is 10.0. The third-order valence-electron chi connectivity index (χ3n) is 3.04. The van der Waals surface area contributed by atoms with Crippen molar-refractivity contribution in [3.05, 3.63) is 54.6 Å². The summed E-state index contributed by atoms with van der Waals surface area (Å²) in [7, 11) is 0. The van der Waals surface area contributed by atoms with Gasteiger partial charge in [-0.15, -0.1) is 10.2 Å². The monoisotopic (exact) mass is 282 g/mol. The number of anilines is 1. The maximum absolute atomic E-state index is 13.2. The number of rotatable bonds is 2. The van der Waals surface area contributed by atoms with Crippen LogP contribution in [0.25, 0.3) is 22.4 Å². The molecule has 21 heavy (non-hydrogen) atoms. The largest absolute Gasteiger partial charge is 0.507 e. The minimum atomic E-state index is -0.604. The molecular formula is C15H11FN4O. The third kappa shape index (κ3) is 2.51. The van der Waals surface area contributed by atoms with E-state index in [1.54, 1.807) is 36.4 Å². The molecule has 0 spiro atoms. The average Bonchev–Trinajstić information content (AvgIpc) is 2.48. The standard InChI is InChI=1S/C15H11FN4O/c16-14-7-9(5-6-18-14)11-8-12(19-20-15(11)17)10-3-1-2-4-13(10)21/h1-8,21H,(H2,17,20). The zero-order valence-electron chi connectivity index (χ0n) is 10.9. The quantitative estimate of drug-likeness (QED) is 0.706. The van der Waals surface area contributed by atoms with Gasteiger partial charge in [0.1, 0.15) is 5.75 Å². The Morgan fingerprint density at radius 1 is 1.00 bits per heavy atom. The molecule has 3 aromatic rings. The molecule has 0 saturated carbocycles. The normalized spacial score (nSPS) is 10.5. The number of phenols is 1. The van der Waals surface area contributed by atoms with Crippen molar-refractivity contribution in [2.75, 3.05) is 5.73 Å². The van der Waals surface area contributed by atoms with Gasteiger partial charge in [0.05, 0.1) is 5.69 Å². The van der Waals surface area contributed by atoms with Crippen LogP contribution in [0.5, 0.6) is 5.75 Å². The van der Waals surface area contributed by atoms with Crippen molar-refractivity contribution in [3.8, 4) is 28.1 Å². The molecule has 0 saturated heterocycles. The molecule has 0 atom stereocenters. The van der Waals surface area contributed by atoms with Gasteiger partial charge in [-0.1, -0.05) is 12.1 Å². The number of phenolic OH excluding ortho intramolecular Hbond substituents is 1. The second-order valence-electron chi connectivity index (χ2n) is 4.41. The molecule has 0 aliphatic carbocycles. The molecule has 3 N–H and O–H groups in total. The average molecular weight is 282 g/mol. The minimum Gasteiger partial charge on any atom is -0.507 e. The van der Waals surface area contributed by atoms with E-state index in [4.69, 9.17) is 5.73 Å². The van der Waals surface area contributed by atoms with Gasteiger partial charge in [-0.25, -0.2) is 4.98 Å². The molecule has 0 bridgehead atoms. The molecule has 0 unspecified atom stereocenters. The summed E-state index contributed by atoms with van der Waals surface area (Å²) in [6.07, 6.45) is 1.35. The number of nitrogens with zero attached hydrogens (tertiary/aromatic N) is 3. The number of aromatic nitrogens is 3. The van der Waals surface area contributed by atoms with Crippen molar-refractivity contribution in [3.63, 3.8) is 0 Å². The molecule has 6 heteroatoms. The summed E-state index contributed by atoms with van der Waals surface area (Å²) in [5.41, 5.74) is 7.87. The number of para-hydroxylation sites is 1. The first kappa shape index (κ1) is 13.0. The Labute approximate surface area is 119 Å². The molecule has 2 aromatic heterocycles. The Kier molecular flexibility index (Phi) is 3.19. The van der Waals surface area contributed by atoms with E-state index < -0.39 is 5.95 Å². The molecule has 2 heterocycles. The van der Waals surface area contributed by atoms with E-state index in [0.717, 1.165) is 0 Å². The Morgan fingerprint density at radius 3 is 2.57 bits per heavy atom. The molecular weight excluding hydrogens is 271 g/mol. The zero-order chi connectivity index (χ0) is 14.8. The molecule has 104 valence electrons. The lowest BCUT2D eigenvalue weighted by Crippen LogP contribution is -1.99. The van der Waals surface area contributed by atoms with Crippen molar-refractivity contribution in [2.24, 2.45) is 0 Å².